The highest BCUT2D eigenvalue weighted by Gasteiger charge is 2.23. The van der Waals surface area contributed by atoms with E-state index in [4.69, 9.17) is 9.47 Å². The van der Waals surface area contributed by atoms with Gasteiger partial charge in [-0.25, -0.2) is 9.59 Å². The van der Waals surface area contributed by atoms with E-state index in [1.54, 1.807) is 0 Å². The van der Waals surface area contributed by atoms with Crippen molar-refractivity contribution < 1.29 is 29.3 Å². The Morgan fingerprint density at radius 3 is 1.33 bits per heavy atom. The lowest BCUT2D eigenvalue weighted by atomic mass is 9.84. The van der Waals surface area contributed by atoms with E-state index in [2.05, 4.69) is 41.5 Å². The SMILES string of the molecule is CCC(C)(C)CC(O)COC(=O)c1ccc(C(=O)OCC(O)CC(C)(C)CC)cc1. The molecule has 2 N–H and O–H groups in total. The lowest BCUT2D eigenvalue weighted by Crippen LogP contribution is -2.25. The number of aliphatic hydroxyl groups is 2. The molecule has 6 nitrogen and oxygen atoms in total. The lowest BCUT2D eigenvalue weighted by Gasteiger charge is -2.25. The third-order valence-electron chi connectivity index (χ3n) is 5.66. The van der Waals surface area contributed by atoms with E-state index in [1.807, 2.05) is 0 Å². The third kappa shape index (κ3) is 9.26. The Balaban J connectivity index is 2.51. The number of aliphatic hydroxyl groups excluding tert-OH is 2. The van der Waals surface area contributed by atoms with Crippen molar-refractivity contribution in [2.75, 3.05) is 13.2 Å². The van der Waals surface area contributed by atoms with Crippen molar-refractivity contribution in [3.63, 3.8) is 0 Å². The van der Waals surface area contributed by atoms with Crippen molar-refractivity contribution in [1.82, 2.24) is 0 Å². The van der Waals surface area contributed by atoms with E-state index in [-0.39, 0.29) is 24.0 Å². The number of carbonyl (C=O) groups excluding carboxylic acids is 2. The van der Waals surface area contributed by atoms with Crippen LogP contribution in [-0.2, 0) is 9.47 Å². The molecular weight excluding hydrogens is 384 g/mol. The minimum atomic E-state index is -0.720. The first-order chi connectivity index (χ1) is 13.9. The van der Waals surface area contributed by atoms with E-state index in [9.17, 15) is 19.8 Å². The minimum Gasteiger partial charge on any atom is -0.459 e. The fourth-order valence-corrected chi connectivity index (χ4v) is 2.94. The van der Waals surface area contributed by atoms with Crippen LogP contribution in [0.15, 0.2) is 24.3 Å². The van der Waals surface area contributed by atoms with Gasteiger partial charge in [0.25, 0.3) is 0 Å². The van der Waals surface area contributed by atoms with Gasteiger partial charge in [-0.2, -0.15) is 0 Å². The van der Waals surface area contributed by atoms with Crippen LogP contribution in [0.1, 0.15) is 87.9 Å². The number of carbonyl (C=O) groups is 2. The predicted molar refractivity (Wildman–Crippen MR) is 116 cm³/mol. The quantitative estimate of drug-likeness (QED) is 0.486. The maximum atomic E-state index is 12.2. The van der Waals surface area contributed by atoms with Crippen LogP contribution in [0.4, 0.5) is 0 Å². The van der Waals surface area contributed by atoms with Gasteiger partial charge in [-0.15, -0.1) is 0 Å². The lowest BCUT2D eigenvalue weighted by molar-refractivity contribution is 0.0128. The van der Waals surface area contributed by atoms with Crippen LogP contribution in [0.2, 0.25) is 0 Å². The first-order valence-electron chi connectivity index (χ1n) is 10.7. The average molecular weight is 423 g/mol. The van der Waals surface area contributed by atoms with Crippen molar-refractivity contribution in [3.05, 3.63) is 35.4 Å². The maximum Gasteiger partial charge on any atom is 0.338 e. The van der Waals surface area contributed by atoms with Gasteiger partial charge in [-0.3, -0.25) is 0 Å². The largest absolute Gasteiger partial charge is 0.459 e. The van der Waals surface area contributed by atoms with Gasteiger partial charge in [-0.1, -0.05) is 54.4 Å². The first kappa shape index (κ1) is 26.1. The number of ether oxygens (including phenoxy) is 2. The van der Waals surface area contributed by atoms with Gasteiger partial charge in [0.15, 0.2) is 0 Å². The Kier molecular flexibility index (Phi) is 9.98. The number of benzene rings is 1. The van der Waals surface area contributed by atoms with E-state index in [0.717, 1.165) is 12.8 Å². The normalized spacial score (nSPS) is 14.1. The fraction of sp³-hybridized carbons (Fsp3) is 0.667. The van der Waals surface area contributed by atoms with Gasteiger partial charge in [0.1, 0.15) is 13.2 Å². The summed E-state index contributed by atoms with van der Waals surface area (Å²) >= 11 is 0. The highest BCUT2D eigenvalue weighted by molar-refractivity contribution is 5.93. The number of hydrogen-bond donors (Lipinski definition) is 2. The summed E-state index contributed by atoms with van der Waals surface area (Å²) in [4.78, 5) is 24.3. The molecule has 30 heavy (non-hydrogen) atoms. The highest BCUT2D eigenvalue weighted by atomic mass is 16.5. The second kappa shape index (κ2) is 11.5. The van der Waals surface area contributed by atoms with Crippen molar-refractivity contribution >= 4 is 11.9 Å². The topological polar surface area (TPSA) is 93.1 Å². The number of esters is 2. The molecule has 0 fully saturated rings. The van der Waals surface area contributed by atoms with Crippen LogP contribution in [0, 0.1) is 10.8 Å². The van der Waals surface area contributed by atoms with Crippen LogP contribution < -0.4 is 0 Å². The standard InChI is InChI=1S/C24H38O6/c1-7-23(3,4)13-19(25)15-29-21(27)17-9-11-18(12-10-17)22(28)30-16-20(26)14-24(5,6)8-2/h9-12,19-20,25-26H,7-8,13-16H2,1-6H3. The summed E-state index contributed by atoms with van der Waals surface area (Å²) in [6, 6.07) is 5.94. The average Bonchev–Trinajstić information content (AvgIpc) is 2.69. The summed E-state index contributed by atoms with van der Waals surface area (Å²) in [5.74, 6) is -1.11. The zero-order valence-corrected chi connectivity index (χ0v) is 19.2. The summed E-state index contributed by atoms with van der Waals surface area (Å²) in [5.41, 5.74) is 0.540. The van der Waals surface area contributed by atoms with E-state index in [0.29, 0.717) is 24.0 Å². The fourth-order valence-electron chi connectivity index (χ4n) is 2.94. The number of rotatable bonds is 12. The minimum absolute atomic E-state index is 0.0201. The molecule has 2 unspecified atom stereocenters. The van der Waals surface area contributed by atoms with Gasteiger partial charge in [0.2, 0.25) is 0 Å². The molecule has 0 aliphatic heterocycles. The Labute approximate surface area is 180 Å². The molecule has 6 heteroatoms. The molecule has 0 bridgehead atoms. The monoisotopic (exact) mass is 422 g/mol. The van der Waals surface area contributed by atoms with E-state index < -0.39 is 24.1 Å². The van der Waals surface area contributed by atoms with Crippen molar-refractivity contribution in [2.45, 2.75) is 79.4 Å². The Hall–Kier alpha value is -1.92. The van der Waals surface area contributed by atoms with Crippen LogP contribution in [0.5, 0.6) is 0 Å². The molecule has 0 aromatic heterocycles. The highest BCUT2D eigenvalue weighted by Crippen LogP contribution is 2.27. The second-order valence-corrected chi connectivity index (χ2v) is 9.53. The molecule has 0 saturated heterocycles. The summed E-state index contributed by atoms with van der Waals surface area (Å²) < 4.78 is 10.4. The van der Waals surface area contributed by atoms with Gasteiger partial charge in [0, 0.05) is 0 Å². The Bertz CT molecular complexity index is 618. The molecule has 0 aliphatic rings. The zero-order chi connectivity index (χ0) is 22.9. The van der Waals surface area contributed by atoms with Crippen molar-refractivity contribution in [3.8, 4) is 0 Å². The molecule has 0 heterocycles. The molecule has 1 rings (SSSR count). The molecular formula is C24H38O6. The van der Waals surface area contributed by atoms with Crippen molar-refractivity contribution in [1.29, 1.82) is 0 Å². The van der Waals surface area contributed by atoms with Gasteiger partial charge < -0.3 is 19.7 Å². The molecule has 1 aromatic carbocycles. The molecule has 0 amide bonds. The molecule has 0 spiro atoms. The van der Waals surface area contributed by atoms with Crippen LogP contribution in [-0.4, -0.2) is 47.6 Å². The molecule has 2 atom stereocenters. The van der Waals surface area contributed by atoms with Crippen molar-refractivity contribution in [2.24, 2.45) is 10.8 Å². The first-order valence-corrected chi connectivity index (χ1v) is 10.7. The summed E-state index contributed by atoms with van der Waals surface area (Å²) in [6.45, 7) is 12.2. The van der Waals surface area contributed by atoms with E-state index in [1.165, 1.54) is 24.3 Å². The Morgan fingerprint density at radius 2 is 1.07 bits per heavy atom. The third-order valence-corrected chi connectivity index (χ3v) is 5.66. The number of hydrogen-bond acceptors (Lipinski definition) is 6. The zero-order valence-electron chi connectivity index (χ0n) is 19.2. The molecule has 0 saturated carbocycles. The van der Waals surface area contributed by atoms with E-state index >= 15 is 0 Å². The van der Waals surface area contributed by atoms with Gasteiger partial charge in [-0.05, 0) is 47.9 Å². The molecule has 170 valence electrons. The van der Waals surface area contributed by atoms with Crippen LogP contribution in [0.25, 0.3) is 0 Å². The summed E-state index contributed by atoms with van der Waals surface area (Å²) in [7, 11) is 0. The second-order valence-electron chi connectivity index (χ2n) is 9.53. The Morgan fingerprint density at radius 1 is 0.767 bits per heavy atom. The molecule has 0 radical (unpaired) electrons. The summed E-state index contributed by atoms with van der Waals surface area (Å²) in [5, 5.41) is 20.1. The molecule has 1 aromatic rings. The van der Waals surface area contributed by atoms with Gasteiger partial charge >= 0.3 is 11.9 Å². The van der Waals surface area contributed by atoms with Gasteiger partial charge in [0.05, 0.1) is 23.3 Å². The predicted octanol–water partition coefficient (Wildman–Crippen LogP) is 4.37. The smallest absolute Gasteiger partial charge is 0.338 e. The van der Waals surface area contributed by atoms with Crippen LogP contribution >= 0.6 is 0 Å². The molecule has 0 aliphatic carbocycles. The van der Waals surface area contributed by atoms with Crippen LogP contribution in [0.3, 0.4) is 0 Å². The maximum absolute atomic E-state index is 12.2. The summed E-state index contributed by atoms with van der Waals surface area (Å²) in [6.07, 6.45) is 1.49.